The summed E-state index contributed by atoms with van der Waals surface area (Å²) in [4.78, 5) is 4.85. The predicted octanol–water partition coefficient (Wildman–Crippen LogP) is 11.2. The van der Waals surface area contributed by atoms with Gasteiger partial charge < -0.3 is 0 Å². The highest BCUT2D eigenvalue weighted by Gasteiger charge is 2.21. The van der Waals surface area contributed by atoms with Gasteiger partial charge in [-0.05, 0) is 107 Å². The van der Waals surface area contributed by atoms with Crippen molar-refractivity contribution in [3.8, 4) is 39.3 Å². The van der Waals surface area contributed by atoms with E-state index in [-0.39, 0.29) is 0 Å². The van der Waals surface area contributed by atoms with Gasteiger partial charge in [0.05, 0.1) is 17.1 Å². The number of hydrogen-bond donors (Lipinski definition) is 0. The summed E-state index contributed by atoms with van der Waals surface area (Å²) in [5.74, 6) is 0. The number of imidazole rings is 1. The second kappa shape index (κ2) is 14.4. The van der Waals surface area contributed by atoms with E-state index in [1.807, 2.05) is 37.7 Å². The highest BCUT2D eigenvalue weighted by Crippen LogP contribution is 2.40. The number of aryl methyl sites for hydroxylation is 2. The first kappa shape index (κ1) is 33.2. The zero-order chi connectivity index (χ0) is 35.7. The van der Waals surface area contributed by atoms with Crippen LogP contribution in [0.1, 0.15) is 26.0 Å². The van der Waals surface area contributed by atoms with E-state index in [2.05, 4.69) is 166 Å². The van der Waals surface area contributed by atoms with Gasteiger partial charge in [-0.15, -0.1) is 11.3 Å². The van der Waals surface area contributed by atoms with Crippen molar-refractivity contribution in [2.45, 2.75) is 33.2 Å². The Labute approximate surface area is 315 Å². The Bertz CT molecular complexity index is 2650. The highest BCUT2D eigenvalue weighted by atomic mass is 32.1. The molecule has 10 rings (SSSR count). The topological polar surface area (TPSA) is 35.6 Å². The number of rotatable bonds is 6. The average Bonchev–Trinajstić information content (AvgIpc) is 3.94. The molecular weight excluding hydrogens is 684 g/mol. The molecule has 0 aliphatic carbocycles. The fourth-order valence-corrected chi connectivity index (χ4v) is 10.9. The van der Waals surface area contributed by atoms with E-state index in [1.54, 1.807) is 0 Å². The molecule has 3 aromatic heterocycles. The van der Waals surface area contributed by atoms with E-state index in [4.69, 9.17) is 4.98 Å². The van der Waals surface area contributed by atoms with Crippen LogP contribution < -0.4 is 15.9 Å². The molecule has 0 unspecified atom stereocenters. The van der Waals surface area contributed by atoms with Crippen LogP contribution in [0.25, 0.3) is 59.5 Å². The van der Waals surface area contributed by atoms with E-state index >= 15 is 0 Å². The molecule has 0 amide bonds. The van der Waals surface area contributed by atoms with Crippen LogP contribution in [0.2, 0.25) is 0 Å². The van der Waals surface area contributed by atoms with Gasteiger partial charge >= 0.3 is 0 Å². The van der Waals surface area contributed by atoms with Crippen LogP contribution in [0.5, 0.6) is 0 Å². The fraction of sp³-hybridized carbons (Fsp3) is 0.106. The van der Waals surface area contributed by atoms with Gasteiger partial charge in [0.15, 0.2) is 0 Å². The zero-order valence-corrected chi connectivity index (χ0v) is 31.6. The number of hydrogen-bond acceptors (Lipinski definition) is 3. The lowest BCUT2D eigenvalue weighted by Crippen LogP contribution is -2.20. The third kappa shape index (κ3) is 6.20. The zero-order valence-electron chi connectivity index (χ0n) is 29.9. The van der Waals surface area contributed by atoms with Crippen LogP contribution >= 0.6 is 19.3 Å². The minimum Gasteiger partial charge on any atom is -0.297 e. The van der Waals surface area contributed by atoms with Crippen molar-refractivity contribution in [2.75, 3.05) is 0 Å². The molecule has 4 nitrogen and oxygen atoms in total. The van der Waals surface area contributed by atoms with Crippen molar-refractivity contribution in [3.05, 3.63) is 170 Å². The van der Waals surface area contributed by atoms with Crippen molar-refractivity contribution < 1.29 is 0 Å². The minimum atomic E-state index is -0.675. The van der Waals surface area contributed by atoms with Crippen molar-refractivity contribution >= 4 is 55.3 Å². The van der Waals surface area contributed by atoms with E-state index in [0.717, 1.165) is 42.2 Å². The molecule has 0 spiro atoms. The van der Waals surface area contributed by atoms with E-state index in [0.29, 0.717) is 0 Å². The summed E-state index contributed by atoms with van der Waals surface area (Å²) in [5.41, 5.74) is 9.43. The third-order valence-corrected chi connectivity index (χ3v) is 13.6. The van der Waals surface area contributed by atoms with Crippen molar-refractivity contribution in [1.29, 1.82) is 0 Å². The first-order chi connectivity index (χ1) is 26.3. The molecule has 53 heavy (non-hydrogen) atoms. The molecular formula is C47H39N4PS. The Hall–Kier alpha value is -5.61. The van der Waals surface area contributed by atoms with Gasteiger partial charge in [-0.2, -0.15) is 5.10 Å². The minimum absolute atomic E-state index is 0.675. The third-order valence-electron chi connectivity index (χ3n) is 9.98. The summed E-state index contributed by atoms with van der Waals surface area (Å²) in [5, 5.41) is 11.3. The smallest absolute Gasteiger partial charge is 0.100 e. The quantitative estimate of drug-likeness (QED) is 0.160. The summed E-state index contributed by atoms with van der Waals surface area (Å²) < 4.78 is 6.96. The summed E-state index contributed by atoms with van der Waals surface area (Å²) in [7, 11) is -0.675. The SMILES string of the molecule is CC.c1ccc(P(c2ccccc2)c2cccc(-c3ccc4sc5ccc(-c6cccc(-n7cnc8c7-c7ccnn7CCC8)c6)cc5c4c3)c2)cc1. The predicted molar refractivity (Wildman–Crippen MR) is 227 cm³/mol. The Balaban J connectivity index is 0.00000183. The van der Waals surface area contributed by atoms with Gasteiger partial charge in [0.1, 0.15) is 6.33 Å². The van der Waals surface area contributed by atoms with Crippen LogP contribution in [-0.2, 0) is 13.0 Å². The Morgan fingerprint density at radius 2 is 1.19 bits per heavy atom. The van der Waals surface area contributed by atoms with Crippen LogP contribution in [0.4, 0.5) is 0 Å². The lowest BCUT2D eigenvalue weighted by molar-refractivity contribution is 0.591. The maximum atomic E-state index is 4.85. The molecule has 1 aliphatic heterocycles. The summed E-state index contributed by atoms with van der Waals surface area (Å²) in [6.07, 6.45) is 5.87. The molecule has 6 heteroatoms. The molecule has 0 saturated carbocycles. The average molecular weight is 723 g/mol. The Morgan fingerprint density at radius 3 is 1.87 bits per heavy atom. The lowest BCUT2D eigenvalue weighted by atomic mass is 10.00. The molecule has 0 bridgehead atoms. The first-order valence-electron chi connectivity index (χ1n) is 18.4. The number of thiophene rings is 1. The van der Waals surface area contributed by atoms with Crippen LogP contribution in [0.3, 0.4) is 0 Å². The summed E-state index contributed by atoms with van der Waals surface area (Å²) >= 11 is 1.87. The normalized spacial score (nSPS) is 12.3. The second-order valence-corrected chi connectivity index (χ2v) is 16.4. The number of nitrogens with zero attached hydrogens (tertiary/aromatic N) is 4. The van der Waals surface area contributed by atoms with Gasteiger partial charge in [-0.25, -0.2) is 4.98 Å². The maximum Gasteiger partial charge on any atom is 0.100 e. The van der Waals surface area contributed by atoms with Crippen LogP contribution in [0.15, 0.2) is 164 Å². The van der Waals surface area contributed by atoms with Crippen LogP contribution in [0, 0.1) is 0 Å². The standard InChI is InChI=1S/C45H33N4PS.C2H6/c1-3-13-36(14-4-1)50(37-15-5-2-6-16-37)38-17-8-11-32(27-38)34-20-22-44-40(29-34)39-28-33(19-21-43(39)51-44)31-10-7-12-35(26-31)48-30-46-41-18-9-25-49-42(45(41)48)23-24-47-49;1-2/h1-8,10-17,19-24,26-30H,9,18,25H2;1-2H3. The van der Waals surface area contributed by atoms with Crippen molar-refractivity contribution in [3.63, 3.8) is 0 Å². The van der Waals surface area contributed by atoms with E-state index < -0.39 is 7.92 Å². The molecule has 4 heterocycles. The van der Waals surface area contributed by atoms with Crippen molar-refractivity contribution in [2.24, 2.45) is 0 Å². The van der Waals surface area contributed by atoms with Gasteiger partial charge in [0.2, 0.25) is 0 Å². The van der Waals surface area contributed by atoms with Crippen LogP contribution in [-0.4, -0.2) is 19.3 Å². The molecule has 0 saturated heterocycles. The Kier molecular flexibility index (Phi) is 9.05. The molecule has 6 aromatic carbocycles. The monoisotopic (exact) mass is 722 g/mol. The summed E-state index contributed by atoms with van der Waals surface area (Å²) in [6.45, 7) is 4.92. The largest absolute Gasteiger partial charge is 0.297 e. The lowest BCUT2D eigenvalue weighted by Gasteiger charge is -2.20. The fourth-order valence-electron chi connectivity index (χ4n) is 7.54. The first-order valence-corrected chi connectivity index (χ1v) is 20.6. The molecule has 0 fully saturated rings. The number of fused-ring (bicyclic) bond motifs is 6. The Morgan fingerprint density at radius 1 is 0.585 bits per heavy atom. The van der Waals surface area contributed by atoms with Gasteiger partial charge in [0.25, 0.3) is 0 Å². The molecule has 1 aliphatic rings. The second-order valence-electron chi connectivity index (χ2n) is 13.1. The van der Waals surface area contributed by atoms with Gasteiger partial charge in [0, 0.05) is 38.6 Å². The molecule has 0 radical (unpaired) electrons. The highest BCUT2D eigenvalue weighted by molar-refractivity contribution is 7.79. The van der Waals surface area contributed by atoms with E-state index in [1.165, 1.54) is 58.3 Å². The van der Waals surface area contributed by atoms with Gasteiger partial charge in [-0.3, -0.25) is 9.25 Å². The number of benzene rings is 6. The molecule has 9 aromatic rings. The summed E-state index contributed by atoms with van der Waals surface area (Å²) in [6, 6.07) is 55.9. The number of aromatic nitrogens is 4. The van der Waals surface area contributed by atoms with Crippen molar-refractivity contribution in [1.82, 2.24) is 19.3 Å². The molecule has 0 atom stereocenters. The molecule has 0 N–H and O–H groups in total. The maximum absolute atomic E-state index is 4.85. The van der Waals surface area contributed by atoms with E-state index in [9.17, 15) is 0 Å². The van der Waals surface area contributed by atoms with Gasteiger partial charge in [-0.1, -0.05) is 117 Å². The molecule has 258 valence electrons.